The van der Waals surface area contributed by atoms with Crippen LogP contribution in [0.15, 0.2) is 35.3 Å². The summed E-state index contributed by atoms with van der Waals surface area (Å²) >= 11 is 1.29. The van der Waals surface area contributed by atoms with E-state index in [1.165, 1.54) is 11.3 Å². The van der Waals surface area contributed by atoms with Crippen LogP contribution in [-0.2, 0) is 6.54 Å². The van der Waals surface area contributed by atoms with Gasteiger partial charge in [0.2, 0.25) is 5.43 Å². The summed E-state index contributed by atoms with van der Waals surface area (Å²) in [7, 11) is 3.11. The molecule has 0 atom stereocenters. The maximum Gasteiger partial charge on any atom is 0.262 e. The Kier molecular flexibility index (Phi) is 5.13. The fourth-order valence-corrected chi connectivity index (χ4v) is 4.11. The van der Waals surface area contributed by atoms with Gasteiger partial charge in [0.15, 0.2) is 16.6 Å². The molecule has 30 heavy (non-hydrogen) atoms. The van der Waals surface area contributed by atoms with E-state index in [0.717, 1.165) is 10.4 Å². The van der Waals surface area contributed by atoms with Crippen molar-refractivity contribution in [3.8, 4) is 11.5 Å². The molecule has 154 valence electrons. The lowest BCUT2D eigenvalue weighted by atomic mass is 10.1. The smallest absolute Gasteiger partial charge is 0.262 e. The number of rotatable bonds is 5. The highest BCUT2D eigenvalue weighted by Crippen LogP contribution is 2.36. The molecule has 0 aliphatic carbocycles. The molecule has 0 radical (unpaired) electrons. The third-order valence-corrected chi connectivity index (χ3v) is 5.69. The first-order valence-electron chi connectivity index (χ1n) is 9.29. The van der Waals surface area contributed by atoms with Gasteiger partial charge in [-0.05, 0) is 26.0 Å². The molecular weight excluding hydrogens is 404 g/mol. The Hall–Kier alpha value is -3.46. The van der Waals surface area contributed by atoms with Gasteiger partial charge in [0.25, 0.3) is 5.91 Å². The molecule has 0 bridgehead atoms. The number of methoxy groups -OCH3 is 2. The zero-order chi connectivity index (χ0) is 21.4. The zero-order valence-electron chi connectivity index (χ0n) is 17.0. The number of hydrogen-bond donors (Lipinski definition) is 1. The van der Waals surface area contributed by atoms with Crippen LogP contribution in [0.4, 0.5) is 5.13 Å². The van der Waals surface area contributed by atoms with Gasteiger partial charge in [0.1, 0.15) is 11.2 Å². The summed E-state index contributed by atoms with van der Waals surface area (Å²) in [5.74, 6) is 0.619. The van der Waals surface area contributed by atoms with E-state index in [4.69, 9.17) is 9.47 Å². The van der Waals surface area contributed by atoms with Crippen molar-refractivity contribution >= 4 is 43.6 Å². The second-order valence-electron chi connectivity index (χ2n) is 6.63. The molecule has 9 heteroatoms. The van der Waals surface area contributed by atoms with Crippen LogP contribution in [-0.4, -0.2) is 34.7 Å². The quantitative estimate of drug-likeness (QED) is 0.526. The summed E-state index contributed by atoms with van der Waals surface area (Å²) < 4.78 is 13.2. The van der Waals surface area contributed by atoms with Gasteiger partial charge in [-0.3, -0.25) is 14.9 Å². The van der Waals surface area contributed by atoms with E-state index >= 15 is 0 Å². The van der Waals surface area contributed by atoms with Crippen molar-refractivity contribution < 1.29 is 14.3 Å². The first kappa shape index (κ1) is 19.8. The van der Waals surface area contributed by atoms with Crippen molar-refractivity contribution in [2.75, 3.05) is 19.5 Å². The molecule has 1 N–H and O–H groups in total. The number of thiazole rings is 1. The topological polar surface area (TPSA) is 95.3 Å². The lowest BCUT2D eigenvalue weighted by molar-refractivity contribution is 0.102. The van der Waals surface area contributed by atoms with Crippen LogP contribution in [0.3, 0.4) is 0 Å². The number of amides is 1. The van der Waals surface area contributed by atoms with Crippen molar-refractivity contribution in [2.45, 2.75) is 20.4 Å². The first-order chi connectivity index (χ1) is 14.4. The number of anilines is 1. The molecule has 0 saturated heterocycles. The largest absolute Gasteiger partial charge is 0.493 e. The SMILES string of the molecule is CCn1cc(C(=O)Nc2nc3cc(OC)c(OC)cc3s2)c(=O)c2ccc(C)nc21. The molecule has 0 saturated carbocycles. The molecule has 3 aromatic heterocycles. The number of nitrogens with one attached hydrogen (secondary N) is 1. The molecule has 0 aliphatic heterocycles. The van der Waals surface area contributed by atoms with Crippen molar-refractivity contribution in [3.05, 3.63) is 51.9 Å². The summed E-state index contributed by atoms with van der Waals surface area (Å²) in [6, 6.07) is 7.02. The van der Waals surface area contributed by atoms with Crippen molar-refractivity contribution in [1.29, 1.82) is 0 Å². The van der Waals surface area contributed by atoms with E-state index in [1.807, 2.05) is 13.8 Å². The molecule has 1 aromatic carbocycles. The predicted molar refractivity (Wildman–Crippen MR) is 117 cm³/mol. The minimum absolute atomic E-state index is 0.0458. The molecule has 1 amide bonds. The average molecular weight is 424 g/mol. The van der Waals surface area contributed by atoms with Gasteiger partial charge in [-0.2, -0.15) is 0 Å². The summed E-state index contributed by atoms with van der Waals surface area (Å²) in [5.41, 5.74) is 1.73. The second kappa shape index (κ2) is 7.75. The Morgan fingerprint density at radius 2 is 1.90 bits per heavy atom. The van der Waals surface area contributed by atoms with Crippen molar-refractivity contribution in [3.63, 3.8) is 0 Å². The number of carbonyl (C=O) groups is 1. The first-order valence-corrected chi connectivity index (χ1v) is 10.1. The molecule has 8 nitrogen and oxygen atoms in total. The maximum atomic E-state index is 12.9. The lowest BCUT2D eigenvalue weighted by Crippen LogP contribution is -2.24. The van der Waals surface area contributed by atoms with Gasteiger partial charge in [0, 0.05) is 30.6 Å². The summed E-state index contributed by atoms with van der Waals surface area (Å²) in [4.78, 5) is 34.7. The Bertz CT molecular complexity index is 1300. The van der Waals surface area contributed by atoms with Gasteiger partial charge in [0.05, 0.1) is 29.8 Å². The van der Waals surface area contributed by atoms with E-state index in [-0.39, 0.29) is 11.0 Å². The van der Waals surface area contributed by atoms with E-state index in [0.29, 0.717) is 39.7 Å². The molecule has 0 spiro atoms. The molecule has 0 unspecified atom stereocenters. The third kappa shape index (κ3) is 3.37. The van der Waals surface area contributed by atoms with Gasteiger partial charge in [-0.25, -0.2) is 9.97 Å². The number of aryl methyl sites for hydroxylation is 2. The standard InChI is InChI=1S/C21H20N4O4S/c1-5-25-10-13(18(26)12-7-6-11(2)22-19(12)25)20(27)24-21-23-14-8-15(28-3)16(29-4)9-17(14)30-21/h6-10H,5H2,1-4H3,(H,23,24,27). The third-order valence-electron chi connectivity index (χ3n) is 4.76. The van der Waals surface area contributed by atoms with E-state index in [1.54, 1.807) is 49.2 Å². The molecular formula is C21H20N4O4S. The monoisotopic (exact) mass is 424 g/mol. The number of aromatic nitrogens is 3. The number of carbonyl (C=O) groups excluding carboxylic acids is 1. The molecule has 4 aromatic rings. The zero-order valence-corrected chi connectivity index (χ0v) is 17.8. The predicted octanol–water partition coefficient (Wildman–Crippen LogP) is 3.60. The maximum absolute atomic E-state index is 12.9. The summed E-state index contributed by atoms with van der Waals surface area (Å²) in [6.07, 6.45) is 1.55. The molecule has 0 fully saturated rings. The number of pyridine rings is 2. The highest BCUT2D eigenvalue weighted by atomic mass is 32.1. The Labute approximate surface area is 176 Å². The lowest BCUT2D eigenvalue weighted by Gasteiger charge is -2.11. The highest BCUT2D eigenvalue weighted by Gasteiger charge is 2.18. The molecule has 0 aliphatic rings. The van der Waals surface area contributed by atoms with Crippen LogP contribution in [0.1, 0.15) is 23.0 Å². The van der Waals surface area contributed by atoms with Crippen LogP contribution < -0.4 is 20.2 Å². The van der Waals surface area contributed by atoms with Gasteiger partial charge < -0.3 is 14.0 Å². The fourth-order valence-electron chi connectivity index (χ4n) is 3.24. The Morgan fingerprint density at radius 3 is 2.60 bits per heavy atom. The van der Waals surface area contributed by atoms with E-state index in [9.17, 15) is 9.59 Å². The fraction of sp³-hybridized carbons (Fsp3) is 0.238. The minimum Gasteiger partial charge on any atom is -0.493 e. The van der Waals surface area contributed by atoms with Crippen LogP contribution >= 0.6 is 11.3 Å². The van der Waals surface area contributed by atoms with Crippen molar-refractivity contribution in [2.24, 2.45) is 0 Å². The number of nitrogens with zero attached hydrogens (tertiary/aromatic N) is 3. The molecule has 3 heterocycles. The van der Waals surface area contributed by atoms with Crippen molar-refractivity contribution in [1.82, 2.24) is 14.5 Å². The average Bonchev–Trinajstić information content (AvgIpc) is 3.13. The molecule has 4 rings (SSSR count). The van der Waals surface area contributed by atoms with E-state index in [2.05, 4.69) is 15.3 Å². The van der Waals surface area contributed by atoms with Crippen LogP contribution in [0.5, 0.6) is 11.5 Å². The number of benzene rings is 1. The van der Waals surface area contributed by atoms with Crippen LogP contribution in [0.2, 0.25) is 0 Å². The van der Waals surface area contributed by atoms with Crippen LogP contribution in [0.25, 0.3) is 21.3 Å². The number of hydrogen-bond acceptors (Lipinski definition) is 7. The van der Waals surface area contributed by atoms with Crippen LogP contribution in [0, 0.1) is 6.92 Å². The normalized spacial score (nSPS) is 11.1. The number of fused-ring (bicyclic) bond motifs is 2. The van der Waals surface area contributed by atoms with Gasteiger partial charge in [-0.15, -0.1) is 0 Å². The minimum atomic E-state index is -0.511. The highest BCUT2D eigenvalue weighted by molar-refractivity contribution is 7.22. The van der Waals surface area contributed by atoms with E-state index < -0.39 is 5.91 Å². The second-order valence-corrected chi connectivity index (χ2v) is 7.66. The summed E-state index contributed by atoms with van der Waals surface area (Å²) in [6.45, 7) is 4.37. The Balaban J connectivity index is 1.73. The number of ether oxygens (including phenoxy) is 2. The van der Waals surface area contributed by atoms with Gasteiger partial charge in [-0.1, -0.05) is 11.3 Å². The Morgan fingerprint density at radius 1 is 1.17 bits per heavy atom. The van der Waals surface area contributed by atoms with Gasteiger partial charge >= 0.3 is 0 Å². The summed E-state index contributed by atoms with van der Waals surface area (Å²) in [5, 5.41) is 3.54.